The Morgan fingerprint density at radius 3 is 2.10 bits per heavy atom. The van der Waals surface area contributed by atoms with Crippen LogP contribution in [0, 0.1) is 25.6 Å². The van der Waals surface area contributed by atoms with Gasteiger partial charge in [0, 0.05) is 18.3 Å². The Kier molecular flexibility index (Phi) is 7.69. The Morgan fingerprint density at radius 1 is 1.00 bits per heavy atom. The fourth-order valence-corrected chi connectivity index (χ4v) is 3.06. The molecule has 2 rings (SSSR count). The summed E-state index contributed by atoms with van der Waals surface area (Å²) in [6, 6.07) is 9.97. The van der Waals surface area contributed by atoms with Gasteiger partial charge in [-0.2, -0.15) is 0 Å². The average molecular weight is 413 g/mol. The van der Waals surface area contributed by atoms with Crippen molar-refractivity contribution in [1.29, 1.82) is 0 Å². The standard InChI is InChI=1S/C23H28FN3O3/c1-14(2)20(26-22(29)17-9-11-18(24)12-10-17)23(30)27(5)13-19(28)25-21-15(3)7-6-8-16(21)4/h6-12,14,20H,13H2,1-5H3,(H,25,28)(H,26,29). The quantitative estimate of drug-likeness (QED) is 0.731. The highest BCUT2D eigenvalue weighted by atomic mass is 19.1. The van der Waals surface area contributed by atoms with Crippen molar-refractivity contribution in [1.82, 2.24) is 10.2 Å². The summed E-state index contributed by atoms with van der Waals surface area (Å²) in [5.41, 5.74) is 2.85. The number of anilines is 1. The van der Waals surface area contributed by atoms with E-state index in [0.29, 0.717) is 0 Å². The maximum atomic E-state index is 13.1. The maximum absolute atomic E-state index is 13.1. The first kappa shape index (κ1) is 23.1. The van der Waals surface area contributed by atoms with Gasteiger partial charge in [-0.3, -0.25) is 14.4 Å². The van der Waals surface area contributed by atoms with Gasteiger partial charge in [0.25, 0.3) is 5.91 Å². The van der Waals surface area contributed by atoms with Crippen LogP contribution < -0.4 is 10.6 Å². The molecule has 0 aromatic heterocycles. The van der Waals surface area contributed by atoms with Crippen molar-refractivity contribution in [3.05, 3.63) is 65.0 Å². The van der Waals surface area contributed by atoms with Crippen molar-refractivity contribution >= 4 is 23.4 Å². The summed E-state index contributed by atoms with van der Waals surface area (Å²) < 4.78 is 13.1. The number of aryl methyl sites for hydroxylation is 2. The first-order valence-electron chi connectivity index (χ1n) is 9.77. The number of nitrogens with zero attached hydrogens (tertiary/aromatic N) is 1. The smallest absolute Gasteiger partial charge is 0.251 e. The Morgan fingerprint density at radius 2 is 1.57 bits per heavy atom. The molecule has 1 atom stereocenters. The number of amides is 3. The van der Waals surface area contributed by atoms with Crippen LogP contribution in [0.1, 0.15) is 35.3 Å². The highest BCUT2D eigenvalue weighted by molar-refractivity contribution is 5.99. The molecular formula is C23H28FN3O3. The predicted octanol–water partition coefficient (Wildman–Crippen LogP) is 3.29. The van der Waals surface area contributed by atoms with Gasteiger partial charge in [-0.05, 0) is 55.2 Å². The topological polar surface area (TPSA) is 78.5 Å². The number of hydrogen-bond donors (Lipinski definition) is 2. The Bertz CT molecular complexity index is 906. The molecule has 0 aliphatic heterocycles. The third-order valence-corrected chi connectivity index (χ3v) is 4.83. The summed E-state index contributed by atoms with van der Waals surface area (Å²) in [4.78, 5) is 39.1. The lowest BCUT2D eigenvalue weighted by molar-refractivity contribution is -0.135. The van der Waals surface area contributed by atoms with E-state index in [0.717, 1.165) is 16.8 Å². The van der Waals surface area contributed by atoms with Crippen molar-refractivity contribution in [2.45, 2.75) is 33.7 Å². The van der Waals surface area contributed by atoms with Crippen molar-refractivity contribution < 1.29 is 18.8 Å². The third kappa shape index (κ3) is 5.89. The van der Waals surface area contributed by atoms with Gasteiger partial charge in [0.1, 0.15) is 11.9 Å². The van der Waals surface area contributed by atoms with Gasteiger partial charge in [-0.15, -0.1) is 0 Å². The molecular weight excluding hydrogens is 385 g/mol. The first-order valence-corrected chi connectivity index (χ1v) is 9.77. The second-order valence-electron chi connectivity index (χ2n) is 7.71. The van der Waals surface area contributed by atoms with Crippen LogP contribution in [0.2, 0.25) is 0 Å². The Labute approximate surface area is 176 Å². The van der Waals surface area contributed by atoms with Gasteiger partial charge in [-0.25, -0.2) is 4.39 Å². The van der Waals surface area contributed by atoms with E-state index in [-0.39, 0.29) is 29.8 Å². The first-order chi connectivity index (χ1) is 14.1. The van der Waals surface area contributed by atoms with E-state index >= 15 is 0 Å². The number of carbonyl (C=O) groups excluding carboxylic acids is 3. The number of nitrogens with one attached hydrogen (secondary N) is 2. The number of para-hydroxylation sites is 1. The van der Waals surface area contributed by atoms with Gasteiger partial charge in [-0.1, -0.05) is 32.0 Å². The minimum atomic E-state index is -0.819. The number of halogens is 1. The molecule has 0 saturated heterocycles. The molecule has 0 radical (unpaired) electrons. The van der Waals surface area contributed by atoms with Gasteiger partial charge < -0.3 is 15.5 Å². The minimum Gasteiger partial charge on any atom is -0.340 e. The van der Waals surface area contributed by atoms with Crippen molar-refractivity contribution in [2.75, 3.05) is 18.9 Å². The largest absolute Gasteiger partial charge is 0.340 e. The summed E-state index contributed by atoms with van der Waals surface area (Å²) in [7, 11) is 1.52. The van der Waals surface area contributed by atoms with Crippen LogP contribution in [-0.2, 0) is 9.59 Å². The van der Waals surface area contributed by atoms with E-state index in [1.54, 1.807) is 13.8 Å². The van der Waals surface area contributed by atoms with Crippen LogP contribution >= 0.6 is 0 Å². The number of rotatable bonds is 7. The molecule has 0 bridgehead atoms. The molecule has 6 nitrogen and oxygen atoms in total. The van der Waals surface area contributed by atoms with Crippen LogP contribution in [0.3, 0.4) is 0 Å². The number of carbonyl (C=O) groups is 3. The molecule has 1 unspecified atom stereocenters. The summed E-state index contributed by atoms with van der Waals surface area (Å²) in [6.07, 6.45) is 0. The van der Waals surface area contributed by atoms with Crippen molar-refractivity contribution in [3.8, 4) is 0 Å². The molecule has 0 fully saturated rings. The third-order valence-electron chi connectivity index (χ3n) is 4.83. The van der Waals surface area contributed by atoms with Crippen molar-refractivity contribution in [2.24, 2.45) is 5.92 Å². The lowest BCUT2D eigenvalue weighted by Gasteiger charge is -2.27. The zero-order valence-corrected chi connectivity index (χ0v) is 18.0. The number of hydrogen-bond acceptors (Lipinski definition) is 3. The number of likely N-dealkylation sites (N-methyl/N-ethyl adjacent to an activating group) is 1. The summed E-state index contributed by atoms with van der Waals surface area (Å²) in [6.45, 7) is 7.26. The van der Waals surface area contributed by atoms with E-state index in [1.165, 1.54) is 36.2 Å². The van der Waals surface area contributed by atoms with Gasteiger partial charge in [0.05, 0.1) is 6.54 Å². The van der Waals surface area contributed by atoms with Crippen LogP contribution in [0.15, 0.2) is 42.5 Å². The molecule has 0 saturated carbocycles. The van der Waals surface area contributed by atoms with Crippen LogP contribution in [0.4, 0.5) is 10.1 Å². The van der Waals surface area contributed by atoms with E-state index in [1.807, 2.05) is 32.0 Å². The van der Waals surface area contributed by atoms with E-state index in [9.17, 15) is 18.8 Å². The molecule has 0 aliphatic rings. The van der Waals surface area contributed by atoms with Crippen LogP contribution in [0.5, 0.6) is 0 Å². The molecule has 0 heterocycles. The SMILES string of the molecule is Cc1cccc(C)c1NC(=O)CN(C)C(=O)C(NC(=O)c1ccc(F)cc1)C(C)C. The molecule has 160 valence electrons. The fourth-order valence-electron chi connectivity index (χ4n) is 3.06. The average Bonchev–Trinajstić information content (AvgIpc) is 2.68. The normalized spacial score (nSPS) is 11.7. The lowest BCUT2D eigenvalue weighted by Crippen LogP contribution is -2.51. The molecule has 2 N–H and O–H groups in total. The summed E-state index contributed by atoms with van der Waals surface area (Å²) in [5, 5.41) is 5.54. The molecule has 0 spiro atoms. The van der Waals surface area contributed by atoms with E-state index < -0.39 is 17.8 Å². The maximum Gasteiger partial charge on any atom is 0.251 e. The lowest BCUT2D eigenvalue weighted by atomic mass is 10.0. The van der Waals surface area contributed by atoms with E-state index in [4.69, 9.17) is 0 Å². The van der Waals surface area contributed by atoms with Crippen LogP contribution in [0.25, 0.3) is 0 Å². The molecule has 3 amide bonds. The molecule has 7 heteroatoms. The molecule has 2 aromatic carbocycles. The summed E-state index contributed by atoms with van der Waals surface area (Å²) in [5.74, 6) is -1.83. The second kappa shape index (κ2) is 10.0. The van der Waals surface area contributed by atoms with Crippen molar-refractivity contribution in [3.63, 3.8) is 0 Å². The second-order valence-corrected chi connectivity index (χ2v) is 7.71. The number of benzene rings is 2. The van der Waals surface area contributed by atoms with Gasteiger partial charge in [0.15, 0.2) is 0 Å². The molecule has 2 aromatic rings. The molecule has 0 aliphatic carbocycles. The Balaban J connectivity index is 2.04. The minimum absolute atomic E-state index is 0.151. The van der Waals surface area contributed by atoms with Crippen LogP contribution in [-0.4, -0.2) is 42.3 Å². The van der Waals surface area contributed by atoms with E-state index in [2.05, 4.69) is 10.6 Å². The Hall–Kier alpha value is -3.22. The fraction of sp³-hybridized carbons (Fsp3) is 0.348. The predicted molar refractivity (Wildman–Crippen MR) is 115 cm³/mol. The zero-order valence-electron chi connectivity index (χ0n) is 18.0. The van der Waals surface area contributed by atoms with Gasteiger partial charge >= 0.3 is 0 Å². The monoisotopic (exact) mass is 413 g/mol. The van der Waals surface area contributed by atoms with Gasteiger partial charge in [0.2, 0.25) is 11.8 Å². The highest BCUT2D eigenvalue weighted by Crippen LogP contribution is 2.19. The zero-order chi connectivity index (χ0) is 22.4. The summed E-state index contributed by atoms with van der Waals surface area (Å²) >= 11 is 0. The highest BCUT2D eigenvalue weighted by Gasteiger charge is 2.28. The molecule has 30 heavy (non-hydrogen) atoms.